The maximum atomic E-state index is 12.9. The van der Waals surface area contributed by atoms with Crippen LogP contribution in [0.25, 0.3) is 0 Å². The van der Waals surface area contributed by atoms with Crippen LogP contribution in [0.5, 0.6) is 5.75 Å². The summed E-state index contributed by atoms with van der Waals surface area (Å²) in [6, 6.07) is 21.6. The first-order chi connectivity index (χ1) is 19.6. The average Bonchev–Trinajstić information content (AvgIpc) is 3.50. The quantitative estimate of drug-likeness (QED) is 0.173. The van der Waals surface area contributed by atoms with Crippen LogP contribution in [0.15, 0.2) is 90.3 Å². The number of amides is 1. The van der Waals surface area contributed by atoms with Crippen molar-refractivity contribution in [2.24, 2.45) is 0 Å². The van der Waals surface area contributed by atoms with Crippen LogP contribution in [-0.2, 0) is 23.5 Å². The minimum Gasteiger partial charge on any atom is -0.484 e. The fourth-order valence-corrected chi connectivity index (χ4v) is 6.06. The van der Waals surface area contributed by atoms with Gasteiger partial charge >= 0.3 is 0 Å². The molecule has 0 spiro atoms. The molecule has 1 aliphatic rings. The Morgan fingerprint density at radius 2 is 1.90 bits per heavy atom. The summed E-state index contributed by atoms with van der Waals surface area (Å²) in [5.74, 6) is 1.37. The van der Waals surface area contributed by atoms with Gasteiger partial charge in [-0.15, -0.1) is 11.8 Å². The van der Waals surface area contributed by atoms with E-state index in [1.165, 1.54) is 0 Å². The first-order valence-corrected chi connectivity index (χ1v) is 14.5. The number of fused-ring (bicyclic) bond motifs is 1. The summed E-state index contributed by atoms with van der Waals surface area (Å²) in [6.07, 6.45) is 7.44. The second-order valence-corrected chi connectivity index (χ2v) is 10.7. The van der Waals surface area contributed by atoms with Gasteiger partial charge in [-0.25, -0.2) is 4.98 Å². The summed E-state index contributed by atoms with van der Waals surface area (Å²) in [4.78, 5) is 30.8. The lowest BCUT2D eigenvalue weighted by molar-refractivity contribution is 0.0932. The number of methoxy groups -OCH3 is 1. The number of hydrogen-bond acceptors (Lipinski definition) is 6. The van der Waals surface area contributed by atoms with Crippen molar-refractivity contribution in [3.05, 3.63) is 113 Å². The van der Waals surface area contributed by atoms with E-state index in [0.717, 1.165) is 45.7 Å². The van der Waals surface area contributed by atoms with Crippen LogP contribution in [0, 0.1) is 0 Å². The lowest BCUT2D eigenvalue weighted by atomic mass is 9.87. The van der Waals surface area contributed by atoms with Crippen LogP contribution in [0.4, 0.5) is 0 Å². The highest BCUT2D eigenvalue weighted by atomic mass is 32.2. The molecular formula is C32H33N3O4S. The molecule has 206 valence electrons. The fraction of sp³-hybridized carbons (Fsp3) is 0.281. The molecule has 1 unspecified atom stereocenters. The first-order valence-electron chi connectivity index (χ1n) is 13.5. The van der Waals surface area contributed by atoms with Crippen molar-refractivity contribution in [2.75, 3.05) is 20.3 Å². The number of carbonyl (C=O) groups is 2. The Balaban J connectivity index is 1.46. The van der Waals surface area contributed by atoms with Crippen molar-refractivity contribution >= 4 is 23.5 Å². The second-order valence-electron chi connectivity index (χ2n) is 9.66. The molecule has 1 amide bonds. The third kappa shape index (κ3) is 6.63. The van der Waals surface area contributed by atoms with Gasteiger partial charge in [0.25, 0.3) is 5.91 Å². The van der Waals surface area contributed by atoms with E-state index < -0.39 is 0 Å². The van der Waals surface area contributed by atoms with Gasteiger partial charge in [-0.1, -0.05) is 42.5 Å². The van der Waals surface area contributed by atoms with E-state index in [2.05, 4.69) is 22.4 Å². The molecule has 7 nitrogen and oxygen atoms in total. The lowest BCUT2D eigenvalue weighted by Gasteiger charge is -2.26. The highest BCUT2D eigenvalue weighted by molar-refractivity contribution is 7.98. The third-order valence-electron chi connectivity index (χ3n) is 6.99. The van der Waals surface area contributed by atoms with E-state index in [0.29, 0.717) is 37.4 Å². The SMILES string of the molecule is COCCNC(=O)c1ccccc1SCc1c(OC(Cn2ccnc2)c2ccccc2)ccc2c1CCCC2=O. The Labute approximate surface area is 238 Å². The molecule has 40 heavy (non-hydrogen) atoms. The number of ether oxygens (including phenoxy) is 2. The summed E-state index contributed by atoms with van der Waals surface area (Å²) >= 11 is 1.59. The molecule has 0 bridgehead atoms. The Kier molecular flexibility index (Phi) is 9.31. The number of thioether (sulfide) groups is 1. The monoisotopic (exact) mass is 555 g/mol. The van der Waals surface area contributed by atoms with Gasteiger partial charge in [0.1, 0.15) is 11.9 Å². The Morgan fingerprint density at radius 1 is 1.07 bits per heavy atom. The number of aromatic nitrogens is 2. The molecular weight excluding hydrogens is 522 g/mol. The minimum absolute atomic E-state index is 0.133. The number of nitrogens with zero attached hydrogens (tertiary/aromatic N) is 2. The maximum absolute atomic E-state index is 12.9. The fourth-order valence-electron chi connectivity index (χ4n) is 4.96. The van der Waals surface area contributed by atoms with Gasteiger partial charge in [-0.3, -0.25) is 9.59 Å². The summed E-state index contributed by atoms with van der Waals surface area (Å²) < 4.78 is 13.8. The zero-order chi connectivity index (χ0) is 27.7. The molecule has 1 aromatic heterocycles. The van der Waals surface area contributed by atoms with Crippen LogP contribution >= 0.6 is 11.8 Å². The standard InChI is InChI=1S/C32H33N3O4S/c1-38-19-17-34-32(37)26-10-5-6-13-31(26)40-21-27-24-11-7-12-28(36)25(24)14-15-29(27)39-30(20-35-18-16-33-22-35)23-8-3-2-4-9-23/h2-6,8-10,13-16,18,22,30H,7,11-12,17,19-21H2,1H3,(H,34,37). The van der Waals surface area contributed by atoms with E-state index in [1.54, 1.807) is 31.4 Å². The van der Waals surface area contributed by atoms with Crippen molar-refractivity contribution < 1.29 is 19.1 Å². The molecule has 0 saturated heterocycles. The molecule has 1 heterocycles. The number of imidazole rings is 1. The van der Waals surface area contributed by atoms with Gasteiger partial charge in [-0.05, 0) is 48.2 Å². The Hall–Kier alpha value is -3.88. The average molecular weight is 556 g/mol. The van der Waals surface area contributed by atoms with Gasteiger partial charge in [0.2, 0.25) is 0 Å². The van der Waals surface area contributed by atoms with Crippen molar-refractivity contribution in [3.8, 4) is 5.75 Å². The molecule has 0 saturated carbocycles. The van der Waals surface area contributed by atoms with Gasteiger partial charge in [0, 0.05) is 54.2 Å². The van der Waals surface area contributed by atoms with Crippen LogP contribution < -0.4 is 10.1 Å². The van der Waals surface area contributed by atoms with E-state index in [4.69, 9.17) is 9.47 Å². The van der Waals surface area contributed by atoms with Crippen LogP contribution in [-0.4, -0.2) is 41.5 Å². The number of carbonyl (C=O) groups excluding carboxylic acids is 2. The van der Waals surface area contributed by atoms with Crippen LogP contribution in [0.1, 0.15) is 56.4 Å². The summed E-state index contributed by atoms with van der Waals surface area (Å²) in [5, 5.41) is 2.92. The van der Waals surface area contributed by atoms with E-state index in [9.17, 15) is 9.59 Å². The van der Waals surface area contributed by atoms with Gasteiger partial charge in [0.05, 0.1) is 25.0 Å². The number of rotatable bonds is 12. The molecule has 0 fully saturated rings. The van der Waals surface area contributed by atoms with E-state index in [-0.39, 0.29) is 17.8 Å². The number of ketones is 1. The van der Waals surface area contributed by atoms with Crippen molar-refractivity contribution in [1.29, 1.82) is 0 Å². The molecule has 8 heteroatoms. The smallest absolute Gasteiger partial charge is 0.252 e. The van der Waals surface area contributed by atoms with Crippen LogP contribution in [0.2, 0.25) is 0 Å². The van der Waals surface area contributed by atoms with E-state index >= 15 is 0 Å². The summed E-state index contributed by atoms with van der Waals surface area (Å²) in [6.45, 7) is 1.49. The van der Waals surface area contributed by atoms with E-state index in [1.807, 2.05) is 65.4 Å². The largest absolute Gasteiger partial charge is 0.484 e. The molecule has 1 atom stereocenters. The zero-order valence-corrected chi connectivity index (χ0v) is 23.4. The first kappa shape index (κ1) is 27.7. The molecule has 0 aliphatic heterocycles. The lowest BCUT2D eigenvalue weighted by Crippen LogP contribution is -2.27. The summed E-state index contributed by atoms with van der Waals surface area (Å²) in [5.41, 5.74) is 4.52. The number of nitrogens with one attached hydrogen (secondary N) is 1. The van der Waals surface area contributed by atoms with Gasteiger partial charge in [0.15, 0.2) is 5.78 Å². The predicted molar refractivity (Wildman–Crippen MR) is 156 cm³/mol. The highest BCUT2D eigenvalue weighted by Gasteiger charge is 2.25. The van der Waals surface area contributed by atoms with Crippen molar-refractivity contribution in [2.45, 2.75) is 42.6 Å². The number of benzene rings is 3. The third-order valence-corrected chi connectivity index (χ3v) is 8.09. The highest BCUT2D eigenvalue weighted by Crippen LogP contribution is 2.38. The number of Topliss-reactive ketones (excluding diaryl/α,β-unsaturated/α-hetero) is 1. The Morgan fingerprint density at radius 3 is 2.70 bits per heavy atom. The molecule has 0 radical (unpaired) electrons. The maximum Gasteiger partial charge on any atom is 0.252 e. The molecule has 1 N–H and O–H groups in total. The molecule has 5 rings (SSSR count). The molecule has 3 aromatic carbocycles. The normalized spacial score (nSPS) is 13.5. The van der Waals surface area contributed by atoms with Crippen molar-refractivity contribution in [1.82, 2.24) is 14.9 Å². The summed E-state index contributed by atoms with van der Waals surface area (Å²) in [7, 11) is 1.61. The van der Waals surface area contributed by atoms with Crippen molar-refractivity contribution in [3.63, 3.8) is 0 Å². The Bertz CT molecular complexity index is 1440. The minimum atomic E-state index is -0.254. The predicted octanol–water partition coefficient (Wildman–Crippen LogP) is 5.89. The topological polar surface area (TPSA) is 82.4 Å². The van der Waals surface area contributed by atoms with Gasteiger partial charge in [-0.2, -0.15) is 0 Å². The second kappa shape index (κ2) is 13.5. The zero-order valence-electron chi connectivity index (χ0n) is 22.5. The molecule has 4 aromatic rings. The molecule has 1 aliphatic carbocycles. The van der Waals surface area contributed by atoms with Gasteiger partial charge < -0.3 is 19.4 Å². The van der Waals surface area contributed by atoms with Crippen LogP contribution in [0.3, 0.4) is 0 Å². The number of hydrogen-bond donors (Lipinski definition) is 1.